The fourth-order valence-corrected chi connectivity index (χ4v) is 5.25. The highest BCUT2D eigenvalue weighted by molar-refractivity contribution is 7.18. The van der Waals surface area contributed by atoms with E-state index in [4.69, 9.17) is 27.1 Å². The second kappa shape index (κ2) is 4.31. The third-order valence-corrected chi connectivity index (χ3v) is 6.15. The van der Waals surface area contributed by atoms with Crippen molar-refractivity contribution in [1.29, 1.82) is 0 Å². The molecule has 2 fully saturated rings. The van der Waals surface area contributed by atoms with Gasteiger partial charge in [-0.05, 0) is 25.1 Å². The number of nitrogens with two attached hydrogens (primary N) is 1. The standard InChI is InChI=1S/C14H14ClN5OS/c15-9-2-1-8-11(18-9)22-12(17-8)10-14(21-13(16)19-10)6-20-4-3-7(14)5-20/h1-2,7,10H,3-6H2,(H2,16,19). The van der Waals surface area contributed by atoms with Crippen LogP contribution in [0.25, 0.3) is 10.3 Å². The summed E-state index contributed by atoms with van der Waals surface area (Å²) in [5.41, 5.74) is 6.42. The van der Waals surface area contributed by atoms with Crippen LogP contribution in [-0.4, -0.2) is 46.1 Å². The summed E-state index contributed by atoms with van der Waals surface area (Å²) in [5, 5.41) is 1.40. The Bertz CT molecular complexity index is 808. The van der Waals surface area contributed by atoms with Crippen LogP contribution < -0.4 is 5.73 Å². The van der Waals surface area contributed by atoms with Gasteiger partial charge in [0.25, 0.3) is 6.02 Å². The molecule has 4 unspecified atom stereocenters. The molecule has 0 aliphatic carbocycles. The molecule has 2 aromatic heterocycles. The lowest BCUT2D eigenvalue weighted by atomic mass is 9.82. The van der Waals surface area contributed by atoms with Crippen molar-refractivity contribution in [3.8, 4) is 0 Å². The molecule has 5 rings (SSSR count). The van der Waals surface area contributed by atoms with Crippen molar-refractivity contribution in [2.75, 3.05) is 19.6 Å². The number of piperidine rings is 1. The van der Waals surface area contributed by atoms with E-state index < -0.39 is 0 Å². The van der Waals surface area contributed by atoms with E-state index in [9.17, 15) is 0 Å². The van der Waals surface area contributed by atoms with Crippen LogP contribution in [0.5, 0.6) is 0 Å². The van der Waals surface area contributed by atoms with Crippen LogP contribution in [0.4, 0.5) is 0 Å². The summed E-state index contributed by atoms with van der Waals surface area (Å²) in [6.07, 6.45) is 1.13. The van der Waals surface area contributed by atoms with E-state index in [2.05, 4.69) is 14.9 Å². The second-order valence-corrected chi connectivity index (χ2v) is 7.55. The van der Waals surface area contributed by atoms with Gasteiger partial charge in [0.15, 0.2) is 5.60 Å². The van der Waals surface area contributed by atoms with Gasteiger partial charge < -0.3 is 10.5 Å². The summed E-state index contributed by atoms with van der Waals surface area (Å²) in [7, 11) is 0. The average Bonchev–Trinajstić information content (AvgIpc) is 3.21. The highest BCUT2D eigenvalue weighted by atomic mass is 35.5. The van der Waals surface area contributed by atoms with Gasteiger partial charge in [0.1, 0.15) is 26.5 Å². The molecule has 3 aliphatic heterocycles. The minimum absolute atomic E-state index is 0.138. The lowest BCUT2D eigenvalue weighted by Crippen LogP contribution is -2.47. The minimum Gasteiger partial charge on any atom is -0.454 e. The van der Waals surface area contributed by atoms with Gasteiger partial charge in [0, 0.05) is 19.0 Å². The van der Waals surface area contributed by atoms with Crippen LogP contribution in [0.15, 0.2) is 17.1 Å². The topological polar surface area (TPSA) is 76.6 Å². The number of rotatable bonds is 1. The van der Waals surface area contributed by atoms with Gasteiger partial charge in [-0.25, -0.2) is 15.0 Å². The molecule has 0 radical (unpaired) electrons. The molecule has 3 aliphatic rings. The fraction of sp³-hybridized carbons (Fsp3) is 0.500. The lowest BCUT2D eigenvalue weighted by Gasteiger charge is -2.35. The van der Waals surface area contributed by atoms with Crippen LogP contribution in [0.2, 0.25) is 5.15 Å². The van der Waals surface area contributed by atoms with Crippen LogP contribution in [0.3, 0.4) is 0 Å². The molecule has 114 valence electrons. The Hall–Kier alpha value is -1.44. The molecular weight excluding hydrogens is 322 g/mol. The van der Waals surface area contributed by atoms with Gasteiger partial charge in [-0.2, -0.15) is 0 Å². The molecule has 4 atom stereocenters. The van der Waals surface area contributed by atoms with Crippen molar-refractivity contribution in [2.45, 2.75) is 18.1 Å². The summed E-state index contributed by atoms with van der Waals surface area (Å²) in [6.45, 7) is 3.07. The van der Waals surface area contributed by atoms with Crippen molar-refractivity contribution in [2.24, 2.45) is 16.6 Å². The Balaban J connectivity index is 1.62. The number of aliphatic imine (C=N–C) groups is 1. The summed E-state index contributed by atoms with van der Waals surface area (Å²) in [5.74, 6) is 0.464. The number of halogens is 1. The number of aromatic nitrogens is 2. The van der Waals surface area contributed by atoms with Crippen molar-refractivity contribution in [1.82, 2.24) is 14.9 Å². The van der Waals surface area contributed by atoms with Gasteiger partial charge >= 0.3 is 0 Å². The van der Waals surface area contributed by atoms with E-state index in [1.54, 1.807) is 6.07 Å². The number of thiazole rings is 1. The van der Waals surface area contributed by atoms with E-state index in [1.165, 1.54) is 11.3 Å². The Labute approximate surface area is 136 Å². The zero-order chi connectivity index (χ0) is 14.9. The van der Waals surface area contributed by atoms with Crippen LogP contribution in [-0.2, 0) is 4.74 Å². The van der Waals surface area contributed by atoms with E-state index in [-0.39, 0.29) is 17.7 Å². The number of ether oxygens (including phenoxy) is 1. The largest absolute Gasteiger partial charge is 0.454 e. The van der Waals surface area contributed by atoms with E-state index in [0.717, 1.165) is 41.4 Å². The van der Waals surface area contributed by atoms with Gasteiger partial charge in [0.05, 0.1) is 0 Å². The zero-order valence-corrected chi connectivity index (χ0v) is 13.3. The van der Waals surface area contributed by atoms with Crippen molar-refractivity contribution < 1.29 is 4.74 Å². The summed E-state index contributed by atoms with van der Waals surface area (Å²) in [6, 6.07) is 3.80. The molecule has 6 nitrogen and oxygen atoms in total. The van der Waals surface area contributed by atoms with Crippen molar-refractivity contribution in [3.63, 3.8) is 0 Å². The maximum atomic E-state index is 6.04. The first kappa shape index (κ1) is 13.0. The Kier molecular flexibility index (Phi) is 2.55. The maximum Gasteiger partial charge on any atom is 0.283 e. The van der Waals surface area contributed by atoms with Gasteiger partial charge in [-0.1, -0.05) is 22.9 Å². The predicted molar refractivity (Wildman–Crippen MR) is 85.2 cm³/mol. The van der Waals surface area contributed by atoms with Crippen LogP contribution >= 0.6 is 22.9 Å². The highest BCUT2D eigenvalue weighted by Crippen LogP contribution is 2.51. The van der Waals surface area contributed by atoms with E-state index in [0.29, 0.717) is 11.1 Å². The van der Waals surface area contributed by atoms with Crippen molar-refractivity contribution in [3.05, 3.63) is 22.3 Å². The number of fused-ring (bicyclic) bond motifs is 4. The van der Waals surface area contributed by atoms with Crippen LogP contribution in [0.1, 0.15) is 17.5 Å². The molecule has 1 spiro atoms. The predicted octanol–water partition coefficient (Wildman–Crippen LogP) is 1.80. The molecule has 2 bridgehead atoms. The summed E-state index contributed by atoms with van der Waals surface area (Å²) in [4.78, 5) is 16.9. The number of amidine groups is 1. The molecule has 0 aromatic carbocycles. The normalized spacial score (nSPS) is 36.2. The lowest BCUT2D eigenvalue weighted by molar-refractivity contribution is 0.00681. The van der Waals surface area contributed by atoms with E-state index in [1.807, 2.05) is 6.07 Å². The van der Waals surface area contributed by atoms with Crippen LogP contribution in [0, 0.1) is 5.92 Å². The van der Waals surface area contributed by atoms with Gasteiger partial charge in [-0.15, -0.1) is 0 Å². The Morgan fingerprint density at radius 1 is 1.41 bits per heavy atom. The molecule has 8 heteroatoms. The van der Waals surface area contributed by atoms with E-state index >= 15 is 0 Å². The maximum absolute atomic E-state index is 6.04. The van der Waals surface area contributed by atoms with Gasteiger partial charge in [0.2, 0.25) is 0 Å². The number of hydrogen-bond donors (Lipinski definition) is 1. The molecule has 2 saturated heterocycles. The quantitative estimate of drug-likeness (QED) is 0.804. The number of nitrogens with zero attached hydrogens (tertiary/aromatic N) is 4. The fourth-order valence-electron chi connectivity index (χ4n) is 3.98. The third kappa shape index (κ3) is 1.67. The Morgan fingerprint density at radius 2 is 2.32 bits per heavy atom. The van der Waals surface area contributed by atoms with Gasteiger partial charge in [-0.3, -0.25) is 4.90 Å². The molecule has 22 heavy (non-hydrogen) atoms. The molecular formula is C14H14ClN5OS. The first-order chi connectivity index (χ1) is 10.6. The molecule has 2 aromatic rings. The molecule has 0 saturated carbocycles. The second-order valence-electron chi connectivity index (χ2n) is 6.16. The number of hydrogen-bond acceptors (Lipinski definition) is 7. The SMILES string of the molecule is NC1=NC(c2nc3ccc(Cl)nc3s2)C2(CN3CCC2C3)O1. The highest BCUT2D eigenvalue weighted by Gasteiger charge is 2.60. The minimum atomic E-state index is -0.347. The number of pyridine rings is 1. The average molecular weight is 336 g/mol. The first-order valence-corrected chi connectivity index (χ1v) is 8.51. The third-order valence-electron chi connectivity index (χ3n) is 4.92. The Morgan fingerprint density at radius 3 is 3.09 bits per heavy atom. The molecule has 5 heterocycles. The zero-order valence-electron chi connectivity index (χ0n) is 11.7. The summed E-state index contributed by atoms with van der Waals surface area (Å²) >= 11 is 7.50. The molecule has 2 N–H and O–H groups in total. The molecule has 0 amide bonds. The smallest absolute Gasteiger partial charge is 0.283 e. The first-order valence-electron chi connectivity index (χ1n) is 7.32. The summed E-state index contributed by atoms with van der Waals surface area (Å²) < 4.78 is 6.04. The van der Waals surface area contributed by atoms with Crippen molar-refractivity contribution >= 4 is 39.3 Å². The monoisotopic (exact) mass is 335 g/mol.